The van der Waals surface area contributed by atoms with Crippen molar-refractivity contribution in [1.29, 1.82) is 0 Å². The van der Waals surface area contributed by atoms with Crippen LogP contribution in [0.4, 0.5) is 4.39 Å². The third kappa shape index (κ3) is 3.38. The van der Waals surface area contributed by atoms with Gasteiger partial charge in [0.25, 0.3) is 5.56 Å². The van der Waals surface area contributed by atoms with E-state index in [1.807, 2.05) is 0 Å². The van der Waals surface area contributed by atoms with Crippen molar-refractivity contribution in [2.45, 2.75) is 19.6 Å². The van der Waals surface area contributed by atoms with Crippen LogP contribution in [0.1, 0.15) is 18.5 Å². The molecule has 1 heterocycles. The van der Waals surface area contributed by atoms with Gasteiger partial charge in [0, 0.05) is 17.1 Å². The Morgan fingerprint density at radius 3 is 2.72 bits per heavy atom. The van der Waals surface area contributed by atoms with E-state index >= 15 is 0 Å². The van der Waals surface area contributed by atoms with Crippen molar-refractivity contribution >= 4 is 16.7 Å². The summed E-state index contributed by atoms with van der Waals surface area (Å²) in [6.07, 6.45) is 1.45. The summed E-state index contributed by atoms with van der Waals surface area (Å²) in [6.45, 7) is 1.52. The molecule has 0 fully saturated rings. The van der Waals surface area contributed by atoms with E-state index in [9.17, 15) is 14.0 Å². The van der Waals surface area contributed by atoms with Crippen LogP contribution in [-0.4, -0.2) is 15.6 Å². The minimum atomic E-state index is -1.08. The number of carboxylic acid groups (broad SMARTS) is 1. The first-order valence-electron chi connectivity index (χ1n) is 7.71. The van der Waals surface area contributed by atoms with Crippen molar-refractivity contribution in [2.75, 3.05) is 0 Å². The number of benzene rings is 2. The molecule has 0 aliphatic heterocycles. The van der Waals surface area contributed by atoms with Crippen LogP contribution < -0.4 is 10.3 Å². The highest BCUT2D eigenvalue weighted by molar-refractivity contribution is 5.83. The van der Waals surface area contributed by atoms with Crippen LogP contribution in [0, 0.1) is 5.82 Å². The maximum absolute atomic E-state index is 13.6. The molecule has 1 atom stereocenters. The molecular weight excluding hydrogens is 325 g/mol. The lowest BCUT2D eigenvalue weighted by molar-refractivity contribution is -0.140. The van der Waals surface area contributed by atoms with Crippen molar-refractivity contribution in [3.8, 4) is 5.75 Å². The van der Waals surface area contributed by atoms with Gasteiger partial charge in [0.2, 0.25) is 0 Å². The number of fused-ring (bicyclic) bond motifs is 1. The summed E-state index contributed by atoms with van der Waals surface area (Å²) in [4.78, 5) is 23.5. The summed E-state index contributed by atoms with van der Waals surface area (Å²) in [5.74, 6) is -0.917. The molecule has 0 aliphatic rings. The van der Waals surface area contributed by atoms with Gasteiger partial charge in [-0.25, -0.2) is 9.18 Å². The summed E-state index contributed by atoms with van der Waals surface area (Å²) < 4.78 is 20.4. The minimum Gasteiger partial charge on any atom is -0.489 e. The fraction of sp³-hybridized carbons (Fsp3) is 0.158. The summed E-state index contributed by atoms with van der Waals surface area (Å²) in [6, 6.07) is 11.9. The highest BCUT2D eigenvalue weighted by Crippen LogP contribution is 2.20. The van der Waals surface area contributed by atoms with Crippen LogP contribution >= 0.6 is 0 Å². The molecule has 0 amide bonds. The van der Waals surface area contributed by atoms with Crippen LogP contribution in [0.5, 0.6) is 5.75 Å². The first-order valence-corrected chi connectivity index (χ1v) is 7.71. The van der Waals surface area contributed by atoms with Gasteiger partial charge in [0.05, 0.1) is 0 Å². The van der Waals surface area contributed by atoms with E-state index in [4.69, 9.17) is 9.84 Å². The molecule has 3 aromatic rings. The summed E-state index contributed by atoms with van der Waals surface area (Å²) in [5.41, 5.74) is 0.0568. The second-order valence-electron chi connectivity index (χ2n) is 5.67. The largest absolute Gasteiger partial charge is 0.489 e. The van der Waals surface area contributed by atoms with Gasteiger partial charge in [-0.1, -0.05) is 18.2 Å². The predicted molar refractivity (Wildman–Crippen MR) is 91.3 cm³/mol. The van der Waals surface area contributed by atoms with E-state index in [0.29, 0.717) is 22.1 Å². The fourth-order valence-electron chi connectivity index (χ4n) is 2.53. The normalized spacial score (nSPS) is 12.1. The zero-order chi connectivity index (χ0) is 18.0. The van der Waals surface area contributed by atoms with Crippen molar-refractivity contribution in [3.63, 3.8) is 0 Å². The number of hydrogen-bond acceptors (Lipinski definition) is 3. The molecule has 2 aromatic carbocycles. The summed E-state index contributed by atoms with van der Waals surface area (Å²) in [7, 11) is 0. The van der Waals surface area contributed by atoms with Crippen molar-refractivity contribution in [2.24, 2.45) is 0 Å². The smallest absolute Gasteiger partial charge is 0.326 e. The second-order valence-corrected chi connectivity index (χ2v) is 5.67. The highest BCUT2D eigenvalue weighted by atomic mass is 19.1. The molecule has 0 spiro atoms. The molecule has 0 saturated carbocycles. The van der Waals surface area contributed by atoms with E-state index in [-0.39, 0.29) is 18.0 Å². The molecule has 0 radical (unpaired) electrons. The number of nitrogens with zero attached hydrogens (tertiary/aromatic N) is 1. The molecule has 6 heteroatoms. The standard InChI is InChI=1S/C19H16FNO4/c1-12(19(23)24)21-9-8-13-10-15(6-7-16(13)18(21)22)25-11-14-4-2-3-5-17(14)20/h2-10,12H,11H2,1H3,(H,23,24). The molecule has 128 valence electrons. The van der Waals surface area contributed by atoms with E-state index in [2.05, 4.69) is 0 Å². The van der Waals surface area contributed by atoms with Crippen LogP contribution in [0.3, 0.4) is 0 Å². The Morgan fingerprint density at radius 1 is 1.24 bits per heavy atom. The van der Waals surface area contributed by atoms with Gasteiger partial charge in [-0.05, 0) is 42.6 Å². The second kappa shape index (κ2) is 6.76. The third-order valence-electron chi connectivity index (χ3n) is 4.03. The third-order valence-corrected chi connectivity index (χ3v) is 4.03. The number of hydrogen-bond donors (Lipinski definition) is 1. The van der Waals surface area contributed by atoms with Crippen LogP contribution in [0.15, 0.2) is 59.5 Å². The highest BCUT2D eigenvalue weighted by Gasteiger charge is 2.15. The first-order chi connectivity index (χ1) is 12.0. The van der Waals surface area contributed by atoms with Gasteiger partial charge < -0.3 is 14.4 Å². The van der Waals surface area contributed by atoms with Gasteiger partial charge in [0.15, 0.2) is 0 Å². The van der Waals surface area contributed by atoms with Crippen LogP contribution in [-0.2, 0) is 11.4 Å². The van der Waals surface area contributed by atoms with E-state index in [0.717, 1.165) is 0 Å². The number of rotatable bonds is 5. The summed E-state index contributed by atoms with van der Waals surface area (Å²) in [5, 5.41) is 10.1. The van der Waals surface area contributed by atoms with Crippen LogP contribution in [0.2, 0.25) is 0 Å². The van der Waals surface area contributed by atoms with Crippen molar-refractivity contribution in [3.05, 3.63) is 76.5 Å². The lowest BCUT2D eigenvalue weighted by atomic mass is 10.1. The molecular formula is C19H16FNO4. The molecule has 3 rings (SSSR count). The van der Waals surface area contributed by atoms with Gasteiger partial charge in [-0.2, -0.15) is 0 Å². The van der Waals surface area contributed by atoms with Gasteiger partial charge in [0.1, 0.15) is 24.2 Å². The Kier molecular flexibility index (Phi) is 4.52. The molecule has 0 saturated heterocycles. The fourth-order valence-corrected chi connectivity index (χ4v) is 2.53. The maximum Gasteiger partial charge on any atom is 0.326 e. The first kappa shape index (κ1) is 16.7. The van der Waals surface area contributed by atoms with Crippen molar-refractivity contribution in [1.82, 2.24) is 4.57 Å². The van der Waals surface area contributed by atoms with E-state index in [1.165, 1.54) is 23.8 Å². The molecule has 1 unspecified atom stereocenters. The average Bonchev–Trinajstić information content (AvgIpc) is 2.60. The van der Waals surface area contributed by atoms with Gasteiger partial charge in [-0.3, -0.25) is 4.79 Å². The lowest BCUT2D eigenvalue weighted by Crippen LogP contribution is -2.27. The number of carboxylic acids is 1. The molecule has 25 heavy (non-hydrogen) atoms. The minimum absolute atomic E-state index is 0.0747. The number of aliphatic carboxylic acids is 1. The lowest BCUT2D eigenvalue weighted by Gasteiger charge is -2.12. The number of aromatic nitrogens is 1. The Hall–Kier alpha value is -3.15. The number of halogens is 1. The summed E-state index contributed by atoms with van der Waals surface area (Å²) >= 11 is 0. The molecule has 5 nitrogen and oxygen atoms in total. The zero-order valence-corrected chi connectivity index (χ0v) is 13.5. The molecule has 1 N–H and O–H groups in total. The average molecular weight is 341 g/mol. The number of carbonyl (C=O) groups is 1. The van der Waals surface area contributed by atoms with Crippen molar-refractivity contribution < 1.29 is 19.0 Å². The van der Waals surface area contributed by atoms with E-state index in [1.54, 1.807) is 42.5 Å². The maximum atomic E-state index is 13.6. The number of ether oxygens (including phenoxy) is 1. The molecule has 0 bridgehead atoms. The van der Waals surface area contributed by atoms with Crippen LogP contribution in [0.25, 0.3) is 10.8 Å². The molecule has 1 aromatic heterocycles. The Bertz CT molecular complexity index is 996. The predicted octanol–water partition coefficient (Wildman–Crippen LogP) is 3.37. The Labute approximate surface area is 142 Å². The van der Waals surface area contributed by atoms with Gasteiger partial charge in [-0.15, -0.1) is 0 Å². The topological polar surface area (TPSA) is 68.5 Å². The monoisotopic (exact) mass is 341 g/mol. The van der Waals surface area contributed by atoms with E-state index < -0.39 is 12.0 Å². The molecule has 0 aliphatic carbocycles. The van der Waals surface area contributed by atoms with Gasteiger partial charge >= 0.3 is 5.97 Å². The Balaban J connectivity index is 1.88. The quantitative estimate of drug-likeness (QED) is 0.772. The Morgan fingerprint density at radius 2 is 2.00 bits per heavy atom. The SMILES string of the molecule is CC(C(=O)O)n1ccc2cc(OCc3ccccc3F)ccc2c1=O. The zero-order valence-electron chi connectivity index (χ0n) is 13.5. The number of pyridine rings is 1.